The number of hydrogen-bond acceptors (Lipinski definition) is 6. The Morgan fingerprint density at radius 2 is 1.59 bits per heavy atom. The lowest BCUT2D eigenvalue weighted by atomic mass is 10.2. The molecule has 0 saturated carbocycles. The van der Waals surface area contributed by atoms with Crippen LogP contribution < -0.4 is 5.32 Å². The Hall–Kier alpha value is -3.48. The van der Waals surface area contributed by atoms with Crippen LogP contribution in [0.3, 0.4) is 0 Å². The van der Waals surface area contributed by atoms with Crippen molar-refractivity contribution < 1.29 is 19.1 Å². The van der Waals surface area contributed by atoms with Gasteiger partial charge in [0, 0.05) is 5.57 Å². The smallest absolute Gasteiger partial charge is 0.407 e. The molecular formula is C20H21N3O4. The second-order valence-electron chi connectivity index (χ2n) is 5.62. The highest BCUT2D eigenvalue weighted by Gasteiger charge is 2.05. The molecule has 2 aromatic carbocycles. The van der Waals surface area contributed by atoms with Crippen LogP contribution in [0.5, 0.6) is 0 Å². The number of alkyl carbamates (subject to hydrolysis) is 1. The summed E-state index contributed by atoms with van der Waals surface area (Å²) >= 11 is 0. The van der Waals surface area contributed by atoms with E-state index >= 15 is 0 Å². The minimum absolute atomic E-state index is 0.0574. The first-order valence-electron chi connectivity index (χ1n) is 8.33. The maximum absolute atomic E-state index is 11.6. The zero-order valence-electron chi connectivity index (χ0n) is 15.1. The summed E-state index contributed by atoms with van der Waals surface area (Å²) in [5, 5.41) is 10.8. The Labute approximate surface area is 157 Å². The first-order valence-corrected chi connectivity index (χ1v) is 8.33. The van der Waals surface area contributed by atoms with Crippen molar-refractivity contribution in [2.45, 2.75) is 13.5 Å². The second kappa shape index (κ2) is 10.5. The minimum Gasteiger partial charge on any atom is -0.460 e. The van der Waals surface area contributed by atoms with Crippen LogP contribution in [0.4, 0.5) is 16.2 Å². The molecule has 1 amide bonds. The van der Waals surface area contributed by atoms with E-state index in [1.165, 1.54) is 0 Å². The molecule has 140 valence electrons. The Morgan fingerprint density at radius 1 is 0.963 bits per heavy atom. The van der Waals surface area contributed by atoms with Crippen molar-refractivity contribution in [1.82, 2.24) is 5.32 Å². The Kier molecular flexibility index (Phi) is 7.71. The molecule has 7 heteroatoms. The third-order valence-corrected chi connectivity index (χ3v) is 3.30. The van der Waals surface area contributed by atoms with Gasteiger partial charge in [0.15, 0.2) is 0 Å². The molecular weight excluding hydrogens is 346 g/mol. The lowest BCUT2D eigenvalue weighted by Crippen LogP contribution is -2.28. The van der Waals surface area contributed by atoms with E-state index < -0.39 is 12.1 Å². The van der Waals surface area contributed by atoms with Crippen molar-refractivity contribution in [3.8, 4) is 0 Å². The van der Waals surface area contributed by atoms with Crippen LogP contribution in [0.1, 0.15) is 12.5 Å². The van der Waals surface area contributed by atoms with Gasteiger partial charge in [-0.05, 0) is 36.8 Å². The number of rotatable bonds is 8. The van der Waals surface area contributed by atoms with Gasteiger partial charge in [-0.15, -0.1) is 0 Å². The molecule has 0 unspecified atom stereocenters. The number of ether oxygens (including phenoxy) is 2. The summed E-state index contributed by atoms with van der Waals surface area (Å²) in [6, 6.07) is 16.6. The average Bonchev–Trinajstić information content (AvgIpc) is 2.69. The molecule has 7 nitrogen and oxygen atoms in total. The van der Waals surface area contributed by atoms with Crippen molar-refractivity contribution in [2.24, 2.45) is 10.2 Å². The van der Waals surface area contributed by atoms with E-state index in [1.807, 2.05) is 30.3 Å². The Bertz CT molecular complexity index is 802. The maximum Gasteiger partial charge on any atom is 0.407 e. The normalized spacial score (nSPS) is 10.4. The lowest BCUT2D eigenvalue weighted by molar-refractivity contribution is -0.138. The fraction of sp³-hybridized carbons (Fsp3) is 0.200. The first kappa shape index (κ1) is 19.8. The number of hydrogen-bond donors (Lipinski definition) is 1. The summed E-state index contributed by atoms with van der Waals surface area (Å²) in [7, 11) is 0. The lowest BCUT2D eigenvalue weighted by Gasteiger charge is -2.08. The molecule has 0 fully saturated rings. The molecule has 2 rings (SSSR count). The van der Waals surface area contributed by atoms with Crippen LogP contribution in [-0.2, 0) is 20.9 Å². The van der Waals surface area contributed by atoms with Gasteiger partial charge in [-0.25, -0.2) is 9.59 Å². The van der Waals surface area contributed by atoms with Crippen LogP contribution in [0.25, 0.3) is 0 Å². The highest BCUT2D eigenvalue weighted by molar-refractivity contribution is 5.86. The van der Waals surface area contributed by atoms with Gasteiger partial charge in [0.2, 0.25) is 0 Å². The zero-order valence-corrected chi connectivity index (χ0v) is 15.1. The summed E-state index contributed by atoms with van der Waals surface area (Å²) in [5.41, 5.74) is 2.60. The van der Waals surface area contributed by atoms with Gasteiger partial charge in [0.05, 0.1) is 17.9 Å². The van der Waals surface area contributed by atoms with E-state index in [-0.39, 0.29) is 19.8 Å². The van der Waals surface area contributed by atoms with Gasteiger partial charge in [-0.3, -0.25) is 0 Å². The van der Waals surface area contributed by atoms with E-state index in [2.05, 4.69) is 22.1 Å². The van der Waals surface area contributed by atoms with Crippen LogP contribution in [0.15, 0.2) is 77.0 Å². The molecule has 0 heterocycles. The third-order valence-electron chi connectivity index (χ3n) is 3.30. The molecule has 0 spiro atoms. The summed E-state index contributed by atoms with van der Waals surface area (Å²) < 4.78 is 9.95. The SMILES string of the molecule is C=C(C)C(=O)OCCNC(=O)OCc1ccc(N=Nc2ccccc2)cc1. The van der Waals surface area contributed by atoms with Crippen LogP contribution in [0, 0.1) is 0 Å². The molecule has 0 radical (unpaired) electrons. The van der Waals surface area contributed by atoms with E-state index in [9.17, 15) is 9.59 Å². The predicted octanol–water partition coefficient (Wildman–Crippen LogP) is 4.45. The Balaban J connectivity index is 1.70. The molecule has 2 aromatic rings. The molecule has 0 aliphatic heterocycles. The van der Waals surface area contributed by atoms with Gasteiger partial charge in [-0.2, -0.15) is 10.2 Å². The van der Waals surface area contributed by atoms with Gasteiger partial charge in [0.1, 0.15) is 13.2 Å². The number of nitrogens with one attached hydrogen (secondary N) is 1. The van der Waals surface area contributed by atoms with Crippen molar-refractivity contribution >= 4 is 23.4 Å². The molecule has 0 bridgehead atoms. The van der Waals surface area contributed by atoms with E-state index in [0.717, 1.165) is 11.3 Å². The highest BCUT2D eigenvalue weighted by Crippen LogP contribution is 2.18. The number of carbonyl (C=O) groups excluding carboxylic acids is 2. The van der Waals surface area contributed by atoms with E-state index in [4.69, 9.17) is 9.47 Å². The largest absolute Gasteiger partial charge is 0.460 e. The molecule has 1 N–H and O–H groups in total. The number of benzene rings is 2. The molecule has 0 atom stereocenters. The van der Waals surface area contributed by atoms with Gasteiger partial charge >= 0.3 is 12.1 Å². The number of esters is 1. The van der Waals surface area contributed by atoms with Gasteiger partial charge < -0.3 is 14.8 Å². The van der Waals surface area contributed by atoms with Crippen molar-refractivity contribution in [3.63, 3.8) is 0 Å². The topological polar surface area (TPSA) is 89.3 Å². The zero-order chi connectivity index (χ0) is 19.5. The van der Waals surface area contributed by atoms with Gasteiger partial charge in [0.25, 0.3) is 0 Å². The molecule has 0 aliphatic rings. The molecule has 0 aliphatic carbocycles. The highest BCUT2D eigenvalue weighted by atomic mass is 16.6. The second-order valence-corrected chi connectivity index (χ2v) is 5.62. The summed E-state index contributed by atoms with van der Waals surface area (Å²) in [5.74, 6) is -0.491. The summed E-state index contributed by atoms with van der Waals surface area (Å²) in [4.78, 5) is 22.8. The number of amides is 1. The fourth-order valence-corrected chi connectivity index (χ4v) is 1.89. The van der Waals surface area contributed by atoms with Gasteiger partial charge in [-0.1, -0.05) is 36.9 Å². The fourth-order valence-electron chi connectivity index (χ4n) is 1.89. The quantitative estimate of drug-likeness (QED) is 0.323. The minimum atomic E-state index is -0.589. The number of azo groups is 1. The maximum atomic E-state index is 11.6. The van der Waals surface area contributed by atoms with Crippen molar-refractivity contribution in [3.05, 3.63) is 72.3 Å². The average molecular weight is 367 g/mol. The van der Waals surface area contributed by atoms with E-state index in [0.29, 0.717) is 11.3 Å². The van der Waals surface area contributed by atoms with Crippen LogP contribution in [-0.4, -0.2) is 25.2 Å². The Morgan fingerprint density at radius 3 is 2.22 bits per heavy atom. The molecule has 27 heavy (non-hydrogen) atoms. The predicted molar refractivity (Wildman–Crippen MR) is 101 cm³/mol. The van der Waals surface area contributed by atoms with Crippen LogP contribution >= 0.6 is 0 Å². The first-order chi connectivity index (χ1) is 13.0. The van der Waals surface area contributed by atoms with Crippen molar-refractivity contribution in [2.75, 3.05) is 13.2 Å². The van der Waals surface area contributed by atoms with Crippen molar-refractivity contribution in [1.29, 1.82) is 0 Å². The number of nitrogens with zero attached hydrogens (tertiary/aromatic N) is 2. The molecule has 0 saturated heterocycles. The third kappa shape index (κ3) is 7.52. The number of carbonyl (C=O) groups is 2. The van der Waals surface area contributed by atoms with Crippen LogP contribution in [0.2, 0.25) is 0 Å². The standard InChI is InChI=1S/C20H21N3O4/c1-15(2)19(24)26-13-12-21-20(25)27-14-16-8-10-18(11-9-16)23-22-17-6-4-3-5-7-17/h3-11H,1,12-14H2,2H3,(H,21,25). The van der Waals surface area contributed by atoms with E-state index in [1.54, 1.807) is 31.2 Å². The monoisotopic (exact) mass is 367 g/mol. The summed E-state index contributed by atoms with van der Waals surface area (Å²) in [6.45, 7) is 5.36. The summed E-state index contributed by atoms with van der Waals surface area (Å²) in [6.07, 6.45) is -0.589. The molecule has 0 aromatic heterocycles.